The first-order valence-electron chi connectivity index (χ1n) is 4.68. The van der Waals surface area contributed by atoms with Gasteiger partial charge in [0.1, 0.15) is 6.29 Å². The number of nitrogens with zero attached hydrogens (tertiary/aromatic N) is 1. The smallest absolute Gasteiger partial charge is 0.239 e. The number of likely N-dealkylation sites (tertiary alicyclic amines) is 1. The molecule has 76 valence electrons. The van der Waals surface area contributed by atoms with Crippen LogP contribution in [0, 0.1) is 5.92 Å². The van der Waals surface area contributed by atoms with E-state index in [0.29, 0.717) is 13.1 Å². The summed E-state index contributed by atoms with van der Waals surface area (Å²) in [5.41, 5.74) is 0. The van der Waals surface area contributed by atoms with Crippen LogP contribution in [0.15, 0.2) is 0 Å². The summed E-state index contributed by atoms with van der Waals surface area (Å²) < 4.78 is 23.7. The van der Waals surface area contributed by atoms with Crippen LogP contribution in [0.4, 0.5) is 8.78 Å². The Kier molecular flexibility index (Phi) is 4.28. The molecule has 2 nitrogen and oxygen atoms in total. The van der Waals surface area contributed by atoms with Crippen molar-refractivity contribution in [3.63, 3.8) is 0 Å². The number of hydrogen-bond acceptors (Lipinski definition) is 2. The van der Waals surface area contributed by atoms with Crippen molar-refractivity contribution >= 4 is 6.29 Å². The van der Waals surface area contributed by atoms with E-state index in [-0.39, 0.29) is 12.3 Å². The highest BCUT2D eigenvalue weighted by atomic mass is 19.3. The minimum Gasteiger partial charge on any atom is -0.303 e. The molecule has 1 aliphatic rings. The number of rotatable bonds is 4. The van der Waals surface area contributed by atoms with E-state index >= 15 is 0 Å². The van der Waals surface area contributed by atoms with Crippen molar-refractivity contribution in [2.45, 2.75) is 25.7 Å². The average Bonchev–Trinajstić information content (AvgIpc) is 2.15. The van der Waals surface area contributed by atoms with Crippen LogP contribution in [-0.4, -0.2) is 37.2 Å². The van der Waals surface area contributed by atoms with E-state index in [2.05, 4.69) is 0 Å². The fraction of sp³-hybridized carbons (Fsp3) is 0.889. The molecule has 4 heteroatoms. The van der Waals surface area contributed by atoms with Crippen LogP contribution in [0.1, 0.15) is 19.3 Å². The summed E-state index contributed by atoms with van der Waals surface area (Å²) in [4.78, 5) is 12.4. The molecule has 0 radical (unpaired) electrons. The largest absolute Gasteiger partial charge is 0.303 e. The normalized spacial score (nSPS) is 25.0. The van der Waals surface area contributed by atoms with Gasteiger partial charge in [-0.25, -0.2) is 8.78 Å². The third kappa shape index (κ3) is 3.81. The zero-order valence-electron chi connectivity index (χ0n) is 7.59. The maximum Gasteiger partial charge on any atom is 0.239 e. The molecule has 0 bridgehead atoms. The van der Waals surface area contributed by atoms with Crippen molar-refractivity contribution in [3.8, 4) is 0 Å². The van der Waals surface area contributed by atoms with E-state index in [4.69, 9.17) is 0 Å². The SMILES string of the molecule is O=CC1CCCN(CCC(F)F)C1. The molecule has 0 aromatic carbocycles. The summed E-state index contributed by atoms with van der Waals surface area (Å²) in [7, 11) is 0. The van der Waals surface area contributed by atoms with Gasteiger partial charge in [0.2, 0.25) is 6.43 Å². The fourth-order valence-corrected chi connectivity index (χ4v) is 1.69. The van der Waals surface area contributed by atoms with Gasteiger partial charge in [-0.15, -0.1) is 0 Å². The van der Waals surface area contributed by atoms with E-state index < -0.39 is 6.43 Å². The number of alkyl halides is 2. The molecule has 1 aliphatic heterocycles. The van der Waals surface area contributed by atoms with E-state index in [1.807, 2.05) is 4.90 Å². The molecule has 0 amide bonds. The number of hydrogen-bond donors (Lipinski definition) is 0. The highest BCUT2D eigenvalue weighted by Gasteiger charge is 2.19. The predicted octanol–water partition coefficient (Wildman–Crippen LogP) is 1.55. The highest BCUT2D eigenvalue weighted by Crippen LogP contribution is 2.15. The van der Waals surface area contributed by atoms with Gasteiger partial charge in [0, 0.05) is 25.4 Å². The summed E-state index contributed by atoms with van der Waals surface area (Å²) in [6.45, 7) is 1.94. The minimum absolute atomic E-state index is 0.0615. The molecule has 1 fully saturated rings. The van der Waals surface area contributed by atoms with Crippen LogP contribution in [0.25, 0.3) is 0 Å². The molecule has 0 aromatic heterocycles. The van der Waals surface area contributed by atoms with Gasteiger partial charge in [-0.2, -0.15) is 0 Å². The number of aldehydes is 1. The van der Waals surface area contributed by atoms with E-state index in [9.17, 15) is 13.6 Å². The van der Waals surface area contributed by atoms with Gasteiger partial charge in [-0.05, 0) is 19.4 Å². The van der Waals surface area contributed by atoms with Gasteiger partial charge >= 0.3 is 0 Å². The molecule has 0 aromatic rings. The standard InChI is InChI=1S/C9H15F2NO/c10-9(11)3-5-12-4-1-2-8(6-12)7-13/h7-9H,1-6H2. The average molecular weight is 191 g/mol. The summed E-state index contributed by atoms with van der Waals surface area (Å²) in [6.07, 6.45) is 0.498. The van der Waals surface area contributed by atoms with Gasteiger partial charge in [0.25, 0.3) is 0 Å². The third-order valence-electron chi connectivity index (χ3n) is 2.40. The van der Waals surface area contributed by atoms with Crippen LogP contribution in [0.2, 0.25) is 0 Å². The van der Waals surface area contributed by atoms with Crippen molar-refractivity contribution in [1.29, 1.82) is 0 Å². The van der Waals surface area contributed by atoms with Gasteiger partial charge < -0.3 is 9.69 Å². The Morgan fingerprint density at radius 3 is 2.92 bits per heavy atom. The quantitative estimate of drug-likeness (QED) is 0.628. The molecule has 1 rings (SSSR count). The molecule has 0 saturated carbocycles. The van der Waals surface area contributed by atoms with Crippen molar-refractivity contribution < 1.29 is 13.6 Å². The van der Waals surface area contributed by atoms with Crippen molar-refractivity contribution in [1.82, 2.24) is 4.90 Å². The lowest BCUT2D eigenvalue weighted by Crippen LogP contribution is -2.37. The lowest BCUT2D eigenvalue weighted by atomic mass is 10.00. The number of piperidine rings is 1. The van der Waals surface area contributed by atoms with Crippen molar-refractivity contribution in [2.75, 3.05) is 19.6 Å². The lowest BCUT2D eigenvalue weighted by molar-refractivity contribution is -0.112. The zero-order valence-corrected chi connectivity index (χ0v) is 7.59. The van der Waals surface area contributed by atoms with Gasteiger partial charge in [0.15, 0.2) is 0 Å². The predicted molar refractivity (Wildman–Crippen MR) is 45.8 cm³/mol. The number of carbonyl (C=O) groups is 1. The minimum atomic E-state index is -2.23. The maximum atomic E-state index is 11.9. The number of halogens is 2. The van der Waals surface area contributed by atoms with Crippen LogP contribution >= 0.6 is 0 Å². The molecule has 0 spiro atoms. The topological polar surface area (TPSA) is 20.3 Å². The Hall–Kier alpha value is -0.510. The molecule has 0 N–H and O–H groups in total. The van der Waals surface area contributed by atoms with Gasteiger partial charge in [0.05, 0.1) is 0 Å². The molecular formula is C9H15F2NO. The lowest BCUT2D eigenvalue weighted by Gasteiger charge is -2.29. The highest BCUT2D eigenvalue weighted by molar-refractivity contribution is 5.53. The second kappa shape index (κ2) is 5.27. The second-order valence-corrected chi connectivity index (χ2v) is 3.52. The molecule has 0 aliphatic carbocycles. The summed E-state index contributed by atoms with van der Waals surface area (Å²) in [6, 6.07) is 0. The fourth-order valence-electron chi connectivity index (χ4n) is 1.69. The van der Waals surface area contributed by atoms with Crippen LogP contribution in [0.3, 0.4) is 0 Å². The first-order chi connectivity index (χ1) is 6.22. The van der Waals surface area contributed by atoms with E-state index in [0.717, 1.165) is 25.7 Å². The Labute approximate surface area is 76.9 Å². The molecule has 1 unspecified atom stereocenters. The Morgan fingerprint density at radius 2 is 2.31 bits per heavy atom. The monoisotopic (exact) mass is 191 g/mol. The number of carbonyl (C=O) groups excluding carboxylic acids is 1. The Morgan fingerprint density at radius 1 is 1.54 bits per heavy atom. The molecule has 13 heavy (non-hydrogen) atoms. The Bertz CT molecular complexity index is 164. The van der Waals surface area contributed by atoms with Crippen LogP contribution in [0.5, 0.6) is 0 Å². The summed E-state index contributed by atoms with van der Waals surface area (Å²) in [5, 5.41) is 0. The van der Waals surface area contributed by atoms with Gasteiger partial charge in [-0.1, -0.05) is 0 Å². The maximum absolute atomic E-state index is 11.9. The molecular weight excluding hydrogens is 176 g/mol. The summed E-state index contributed by atoms with van der Waals surface area (Å²) in [5.74, 6) is 0.0615. The molecule has 1 saturated heterocycles. The van der Waals surface area contributed by atoms with Gasteiger partial charge in [-0.3, -0.25) is 0 Å². The van der Waals surface area contributed by atoms with Crippen molar-refractivity contribution in [3.05, 3.63) is 0 Å². The zero-order chi connectivity index (χ0) is 9.68. The van der Waals surface area contributed by atoms with Crippen molar-refractivity contribution in [2.24, 2.45) is 5.92 Å². The Balaban J connectivity index is 2.21. The first-order valence-corrected chi connectivity index (χ1v) is 4.68. The van der Waals surface area contributed by atoms with Crippen LogP contribution < -0.4 is 0 Å². The van der Waals surface area contributed by atoms with E-state index in [1.165, 1.54) is 0 Å². The van der Waals surface area contributed by atoms with E-state index in [1.54, 1.807) is 0 Å². The summed E-state index contributed by atoms with van der Waals surface area (Å²) >= 11 is 0. The molecule has 1 atom stereocenters. The first kappa shape index (κ1) is 10.6. The third-order valence-corrected chi connectivity index (χ3v) is 2.40. The van der Waals surface area contributed by atoms with Crippen LogP contribution in [-0.2, 0) is 4.79 Å². The second-order valence-electron chi connectivity index (χ2n) is 3.52. The molecule has 1 heterocycles.